The molecular formula is C22H25NO2. The normalized spacial score (nSPS) is 23.6. The maximum atomic E-state index is 6.03. The van der Waals surface area contributed by atoms with Crippen LogP contribution in [-0.2, 0) is 0 Å². The van der Waals surface area contributed by atoms with E-state index in [0.29, 0.717) is 18.6 Å². The van der Waals surface area contributed by atoms with Gasteiger partial charge in [0.15, 0.2) is 0 Å². The van der Waals surface area contributed by atoms with Crippen LogP contribution in [0.1, 0.15) is 44.1 Å². The number of hydrogen-bond acceptors (Lipinski definition) is 3. The number of anilines is 1. The third-order valence-corrected chi connectivity index (χ3v) is 6.01. The van der Waals surface area contributed by atoms with Crippen molar-refractivity contribution in [3.63, 3.8) is 0 Å². The van der Waals surface area contributed by atoms with E-state index in [2.05, 4.69) is 41.3 Å². The molecule has 3 heteroatoms. The Bertz CT molecular complexity index is 801. The van der Waals surface area contributed by atoms with Crippen molar-refractivity contribution < 1.29 is 9.47 Å². The van der Waals surface area contributed by atoms with Crippen LogP contribution in [0.3, 0.4) is 0 Å². The minimum absolute atomic E-state index is 0.637. The highest BCUT2D eigenvalue weighted by molar-refractivity contribution is 5.88. The standard InChI is InChI=1S/C22H25NO2/c1-2-24-19-9-4-3-7-15(19)16-10-11-20-21-17(12-14-25-20)18-8-5-6-13-23(18)22(16)21/h3-4,7,9-11,17-18H,2,5-6,8,12-14H2,1H3. The summed E-state index contributed by atoms with van der Waals surface area (Å²) in [5, 5.41) is 0. The highest BCUT2D eigenvalue weighted by Crippen LogP contribution is 2.56. The molecule has 0 aliphatic carbocycles. The van der Waals surface area contributed by atoms with Gasteiger partial charge in [-0.15, -0.1) is 0 Å². The molecule has 3 aliphatic heterocycles. The van der Waals surface area contributed by atoms with Crippen molar-refractivity contribution in [1.82, 2.24) is 0 Å². The Hall–Kier alpha value is -2.16. The molecule has 0 N–H and O–H groups in total. The Morgan fingerprint density at radius 1 is 1.08 bits per heavy atom. The summed E-state index contributed by atoms with van der Waals surface area (Å²) < 4.78 is 12.0. The molecule has 0 saturated carbocycles. The zero-order valence-corrected chi connectivity index (χ0v) is 14.8. The van der Waals surface area contributed by atoms with Crippen LogP contribution in [0.4, 0.5) is 5.69 Å². The number of para-hydroxylation sites is 1. The molecular weight excluding hydrogens is 310 g/mol. The summed E-state index contributed by atoms with van der Waals surface area (Å²) in [4.78, 5) is 2.68. The van der Waals surface area contributed by atoms with Crippen molar-refractivity contribution in [2.75, 3.05) is 24.7 Å². The van der Waals surface area contributed by atoms with Crippen molar-refractivity contribution in [2.24, 2.45) is 0 Å². The first kappa shape index (κ1) is 15.1. The van der Waals surface area contributed by atoms with Crippen LogP contribution < -0.4 is 14.4 Å². The van der Waals surface area contributed by atoms with Gasteiger partial charge in [0.1, 0.15) is 11.5 Å². The predicted octanol–water partition coefficient (Wildman–Crippen LogP) is 4.99. The van der Waals surface area contributed by atoms with Crippen molar-refractivity contribution in [2.45, 2.75) is 44.6 Å². The minimum atomic E-state index is 0.637. The second kappa shape index (κ2) is 5.98. The first-order valence-corrected chi connectivity index (χ1v) is 9.67. The van der Waals surface area contributed by atoms with E-state index in [-0.39, 0.29) is 0 Å². The summed E-state index contributed by atoms with van der Waals surface area (Å²) in [7, 11) is 0. The van der Waals surface area contributed by atoms with Crippen molar-refractivity contribution >= 4 is 5.69 Å². The first-order valence-electron chi connectivity index (χ1n) is 9.67. The first-order chi connectivity index (χ1) is 12.4. The highest BCUT2D eigenvalue weighted by atomic mass is 16.5. The molecule has 0 bridgehead atoms. The zero-order chi connectivity index (χ0) is 16.8. The molecule has 0 amide bonds. The van der Waals surface area contributed by atoms with Gasteiger partial charge in [0.2, 0.25) is 0 Å². The quantitative estimate of drug-likeness (QED) is 0.788. The average molecular weight is 335 g/mol. The zero-order valence-electron chi connectivity index (χ0n) is 14.8. The fraction of sp³-hybridized carbons (Fsp3) is 0.455. The highest BCUT2D eigenvalue weighted by Gasteiger charge is 2.44. The molecule has 2 atom stereocenters. The van der Waals surface area contributed by atoms with Gasteiger partial charge in [-0.3, -0.25) is 0 Å². The number of rotatable bonds is 3. The van der Waals surface area contributed by atoms with Crippen LogP contribution in [0.2, 0.25) is 0 Å². The van der Waals surface area contributed by atoms with Gasteiger partial charge < -0.3 is 14.4 Å². The lowest BCUT2D eigenvalue weighted by molar-refractivity contribution is 0.255. The monoisotopic (exact) mass is 335 g/mol. The molecule has 2 unspecified atom stereocenters. The Labute approximate surface area is 149 Å². The largest absolute Gasteiger partial charge is 0.493 e. The molecule has 5 rings (SSSR count). The number of piperidine rings is 1. The summed E-state index contributed by atoms with van der Waals surface area (Å²) in [6.45, 7) is 4.76. The lowest BCUT2D eigenvalue weighted by atomic mass is 9.85. The SMILES string of the molecule is CCOc1ccccc1-c1ccc2c3c1N1CCCCC1C3CCO2. The summed E-state index contributed by atoms with van der Waals surface area (Å²) in [5.74, 6) is 2.73. The van der Waals surface area contributed by atoms with Gasteiger partial charge in [-0.05, 0) is 50.8 Å². The molecule has 0 radical (unpaired) electrons. The second-order valence-corrected chi connectivity index (χ2v) is 7.30. The molecule has 1 fully saturated rings. The van der Waals surface area contributed by atoms with Crippen LogP contribution in [0.5, 0.6) is 11.5 Å². The topological polar surface area (TPSA) is 21.7 Å². The van der Waals surface area contributed by atoms with E-state index >= 15 is 0 Å². The summed E-state index contributed by atoms with van der Waals surface area (Å²) in [5.41, 5.74) is 5.39. The molecule has 3 heterocycles. The molecule has 2 aromatic carbocycles. The molecule has 1 saturated heterocycles. The molecule has 0 spiro atoms. The lowest BCUT2D eigenvalue weighted by Crippen LogP contribution is -2.39. The lowest BCUT2D eigenvalue weighted by Gasteiger charge is -2.35. The maximum Gasteiger partial charge on any atom is 0.127 e. The number of nitrogens with zero attached hydrogens (tertiary/aromatic N) is 1. The second-order valence-electron chi connectivity index (χ2n) is 7.30. The van der Waals surface area contributed by atoms with Gasteiger partial charge in [0.25, 0.3) is 0 Å². The Kier molecular flexibility index (Phi) is 3.61. The molecule has 0 aromatic heterocycles. The van der Waals surface area contributed by atoms with Crippen molar-refractivity contribution in [1.29, 1.82) is 0 Å². The number of fused-ring (bicyclic) bond motifs is 3. The fourth-order valence-corrected chi connectivity index (χ4v) is 5.05. The summed E-state index contributed by atoms with van der Waals surface area (Å²) in [6.07, 6.45) is 5.11. The van der Waals surface area contributed by atoms with E-state index in [0.717, 1.165) is 24.5 Å². The molecule has 3 aliphatic rings. The van der Waals surface area contributed by atoms with E-state index in [4.69, 9.17) is 9.47 Å². The number of benzene rings is 2. The van der Waals surface area contributed by atoms with Gasteiger partial charge in [-0.25, -0.2) is 0 Å². The molecule has 3 nitrogen and oxygen atoms in total. The third kappa shape index (κ3) is 2.25. The Morgan fingerprint density at radius 3 is 2.92 bits per heavy atom. The van der Waals surface area contributed by atoms with Crippen molar-refractivity contribution in [3.8, 4) is 22.6 Å². The number of ether oxygens (including phenoxy) is 2. The van der Waals surface area contributed by atoms with E-state index < -0.39 is 0 Å². The van der Waals surface area contributed by atoms with Crippen LogP contribution in [0.25, 0.3) is 11.1 Å². The smallest absolute Gasteiger partial charge is 0.127 e. The summed E-state index contributed by atoms with van der Waals surface area (Å²) in [6, 6.07) is 13.5. The van der Waals surface area contributed by atoms with Gasteiger partial charge in [0, 0.05) is 35.2 Å². The van der Waals surface area contributed by atoms with Gasteiger partial charge in [-0.1, -0.05) is 18.2 Å². The van der Waals surface area contributed by atoms with Crippen LogP contribution >= 0.6 is 0 Å². The number of hydrogen-bond donors (Lipinski definition) is 0. The van der Waals surface area contributed by atoms with E-state index in [1.54, 1.807) is 0 Å². The van der Waals surface area contributed by atoms with E-state index in [1.165, 1.54) is 48.2 Å². The van der Waals surface area contributed by atoms with Gasteiger partial charge >= 0.3 is 0 Å². The third-order valence-electron chi connectivity index (χ3n) is 6.01. The summed E-state index contributed by atoms with van der Waals surface area (Å²) >= 11 is 0. The molecule has 2 aromatic rings. The maximum absolute atomic E-state index is 6.03. The average Bonchev–Trinajstić information content (AvgIpc) is 3.00. The van der Waals surface area contributed by atoms with Crippen LogP contribution in [-0.4, -0.2) is 25.8 Å². The Balaban J connectivity index is 1.72. The Morgan fingerprint density at radius 2 is 2.00 bits per heavy atom. The van der Waals surface area contributed by atoms with E-state index in [9.17, 15) is 0 Å². The van der Waals surface area contributed by atoms with Crippen molar-refractivity contribution in [3.05, 3.63) is 42.0 Å². The van der Waals surface area contributed by atoms with Crippen LogP contribution in [0.15, 0.2) is 36.4 Å². The van der Waals surface area contributed by atoms with E-state index in [1.807, 2.05) is 6.92 Å². The minimum Gasteiger partial charge on any atom is -0.493 e. The van der Waals surface area contributed by atoms with Gasteiger partial charge in [0.05, 0.1) is 18.9 Å². The van der Waals surface area contributed by atoms with Crippen LogP contribution in [0, 0.1) is 0 Å². The molecule has 130 valence electrons. The van der Waals surface area contributed by atoms with Gasteiger partial charge in [-0.2, -0.15) is 0 Å². The fourth-order valence-electron chi connectivity index (χ4n) is 5.05. The molecule has 25 heavy (non-hydrogen) atoms. The predicted molar refractivity (Wildman–Crippen MR) is 101 cm³/mol.